The Bertz CT molecular complexity index is 407. The molecule has 0 bridgehead atoms. The van der Waals surface area contributed by atoms with Crippen molar-refractivity contribution in [3.05, 3.63) is 16.6 Å². The molecule has 1 N–H and O–H groups in total. The Morgan fingerprint density at radius 3 is 3.18 bits per heavy atom. The molecule has 2 rings (SSSR count). The van der Waals surface area contributed by atoms with Crippen LogP contribution in [0, 0.1) is 0 Å². The molecular weight excluding hydrogens is 242 g/mol. The summed E-state index contributed by atoms with van der Waals surface area (Å²) in [6.45, 7) is 0.802. The van der Waals surface area contributed by atoms with Gasteiger partial charge in [0.15, 0.2) is 0 Å². The number of ether oxygens (including phenoxy) is 1. The van der Waals surface area contributed by atoms with E-state index in [0.717, 1.165) is 5.69 Å². The van der Waals surface area contributed by atoms with Gasteiger partial charge < -0.3 is 15.0 Å². The van der Waals surface area contributed by atoms with Gasteiger partial charge in [-0.2, -0.15) is 0 Å². The first-order chi connectivity index (χ1) is 8.16. The predicted molar refractivity (Wildman–Crippen MR) is 61.5 cm³/mol. The molecule has 1 atom stereocenters. The highest BCUT2D eigenvalue weighted by Gasteiger charge is 2.28. The molecule has 1 aliphatic heterocycles. The fourth-order valence-electron chi connectivity index (χ4n) is 1.52. The summed E-state index contributed by atoms with van der Waals surface area (Å²) >= 11 is 1.48. The molecule has 92 valence electrons. The van der Waals surface area contributed by atoms with Crippen molar-refractivity contribution < 1.29 is 14.3 Å². The minimum atomic E-state index is -0.514. The number of hydrogen-bond acceptors (Lipinski definition) is 5. The molecule has 1 saturated heterocycles. The topological polar surface area (TPSA) is 71.5 Å². The summed E-state index contributed by atoms with van der Waals surface area (Å²) in [4.78, 5) is 28.5. The lowest BCUT2D eigenvalue weighted by atomic mass is 10.2. The van der Waals surface area contributed by atoms with Crippen LogP contribution in [0.2, 0.25) is 0 Å². The molecule has 6 nitrogen and oxygen atoms in total. The number of nitrogens with zero attached hydrogens (tertiary/aromatic N) is 2. The summed E-state index contributed by atoms with van der Waals surface area (Å²) in [5, 5.41) is 4.51. The predicted octanol–water partition coefficient (Wildman–Crippen LogP) is 0.600. The molecule has 0 aromatic carbocycles. The third kappa shape index (κ3) is 2.94. The summed E-state index contributed by atoms with van der Waals surface area (Å²) in [6.07, 6.45) is 0.537. The normalized spacial score (nSPS) is 18.9. The second-order valence-electron chi connectivity index (χ2n) is 3.79. The van der Waals surface area contributed by atoms with E-state index >= 15 is 0 Å². The molecule has 1 aromatic heterocycles. The van der Waals surface area contributed by atoms with E-state index in [0.29, 0.717) is 19.6 Å². The lowest BCUT2D eigenvalue weighted by Gasteiger charge is -2.18. The molecule has 1 fully saturated rings. The zero-order valence-corrected chi connectivity index (χ0v) is 10.2. The van der Waals surface area contributed by atoms with E-state index in [-0.39, 0.29) is 12.0 Å². The zero-order valence-electron chi connectivity index (χ0n) is 9.38. The number of carbonyl (C=O) groups excluding carboxylic acids is 2. The molecule has 0 saturated carbocycles. The maximum absolute atomic E-state index is 11.8. The average Bonchev–Trinajstić information content (AvgIpc) is 2.91. The van der Waals surface area contributed by atoms with E-state index in [4.69, 9.17) is 4.74 Å². The molecule has 7 heteroatoms. The quantitative estimate of drug-likeness (QED) is 0.803. The Hall–Kier alpha value is -1.63. The SMILES string of the molecule is CN(Cc1cscn1)C(=O)N[C@H]1CCOC1=O. The van der Waals surface area contributed by atoms with Gasteiger partial charge in [-0.15, -0.1) is 11.3 Å². The summed E-state index contributed by atoms with van der Waals surface area (Å²) in [6, 6.07) is -0.803. The minimum absolute atomic E-state index is 0.290. The van der Waals surface area contributed by atoms with Gasteiger partial charge in [0, 0.05) is 18.8 Å². The van der Waals surface area contributed by atoms with Crippen LogP contribution in [-0.4, -0.2) is 41.6 Å². The van der Waals surface area contributed by atoms with Crippen molar-refractivity contribution >= 4 is 23.3 Å². The molecule has 0 unspecified atom stereocenters. The van der Waals surface area contributed by atoms with Crippen LogP contribution in [0.25, 0.3) is 0 Å². The van der Waals surface area contributed by atoms with Crippen LogP contribution in [0.1, 0.15) is 12.1 Å². The number of urea groups is 1. The lowest BCUT2D eigenvalue weighted by molar-refractivity contribution is -0.139. The van der Waals surface area contributed by atoms with Crippen molar-refractivity contribution in [2.45, 2.75) is 19.0 Å². The molecule has 2 amide bonds. The maximum atomic E-state index is 11.8. The van der Waals surface area contributed by atoms with Gasteiger partial charge in [0.2, 0.25) is 0 Å². The number of hydrogen-bond donors (Lipinski definition) is 1. The van der Waals surface area contributed by atoms with Crippen LogP contribution in [0.3, 0.4) is 0 Å². The van der Waals surface area contributed by atoms with E-state index < -0.39 is 6.04 Å². The fraction of sp³-hybridized carbons (Fsp3) is 0.500. The Balaban J connectivity index is 1.85. The first-order valence-electron chi connectivity index (χ1n) is 5.22. The third-order valence-electron chi connectivity index (χ3n) is 2.46. The Kier molecular flexibility index (Phi) is 3.58. The lowest BCUT2D eigenvalue weighted by Crippen LogP contribution is -2.44. The summed E-state index contributed by atoms with van der Waals surface area (Å²) < 4.78 is 4.77. The summed E-state index contributed by atoms with van der Waals surface area (Å²) in [5.41, 5.74) is 2.55. The number of cyclic esters (lactones) is 1. The highest BCUT2D eigenvalue weighted by molar-refractivity contribution is 7.07. The van der Waals surface area contributed by atoms with Crippen LogP contribution >= 0.6 is 11.3 Å². The number of rotatable bonds is 3. The molecular formula is C10H13N3O3S. The van der Waals surface area contributed by atoms with E-state index in [1.807, 2.05) is 5.38 Å². The molecule has 17 heavy (non-hydrogen) atoms. The van der Waals surface area contributed by atoms with Gasteiger partial charge in [-0.25, -0.2) is 14.6 Å². The van der Waals surface area contributed by atoms with Crippen molar-refractivity contribution in [3.8, 4) is 0 Å². The number of amides is 2. The van der Waals surface area contributed by atoms with Gasteiger partial charge in [-0.05, 0) is 0 Å². The largest absolute Gasteiger partial charge is 0.464 e. The highest BCUT2D eigenvalue weighted by atomic mass is 32.1. The average molecular weight is 255 g/mol. The monoisotopic (exact) mass is 255 g/mol. The Morgan fingerprint density at radius 1 is 1.76 bits per heavy atom. The van der Waals surface area contributed by atoms with Gasteiger partial charge in [0.05, 0.1) is 24.4 Å². The van der Waals surface area contributed by atoms with Gasteiger partial charge in [0.25, 0.3) is 0 Å². The van der Waals surface area contributed by atoms with Crippen molar-refractivity contribution in [1.29, 1.82) is 0 Å². The molecule has 2 heterocycles. The van der Waals surface area contributed by atoms with Crippen LogP contribution < -0.4 is 5.32 Å². The van der Waals surface area contributed by atoms with E-state index in [1.165, 1.54) is 16.2 Å². The van der Waals surface area contributed by atoms with E-state index in [1.54, 1.807) is 12.6 Å². The summed E-state index contributed by atoms with van der Waals surface area (Å²) in [7, 11) is 1.66. The van der Waals surface area contributed by atoms with Crippen LogP contribution in [0.4, 0.5) is 4.79 Å². The standard InChI is InChI=1S/C10H13N3O3S/c1-13(4-7-5-17-6-11-7)10(15)12-8-2-3-16-9(8)14/h5-6,8H,2-4H2,1H3,(H,12,15)/t8-/m0/s1. The smallest absolute Gasteiger partial charge is 0.328 e. The summed E-state index contributed by atoms with van der Waals surface area (Å²) in [5.74, 6) is -0.361. The zero-order chi connectivity index (χ0) is 12.3. The van der Waals surface area contributed by atoms with Crippen molar-refractivity contribution in [3.63, 3.8) is 0 Å². The Labute approximate surface area is 103 Å². The van der Waals surface area contributed by atoms with Crippen LogP contribution in [0.15, 0.2) is 10.9 Å². The van der Waals surface area contributed by atoms with Crippen molar-refractivity contribution in [2.75, 3.05) is 13.7 Å². The fourth-order valence-corrected chi connectivity index (χ4v) is 2.07. The van der Waals surface area contributed by atoms with Gasteiger partial charge in [0.1, 0.15) is 6.04 Å². The van der Waals surface area contributed by atoms with Crippen molar-refractivity contribution in [2.24, 2.45) is 0 Å². The Morgan fingerprint density at radius 2 is 2.59 bits per heavy atom. The number of thiazole rings is 1. The number of carbonyl (C=O) groups is 2. The second-order valence-corrected chi connectivity index (χ2v) is 4.51. The maximum Gasteiger partial charge on any atom is 0.328 e. The number of aromatic nitrogens is 1. The van der Waals surface area contributed by atoms with Crippen molar-refractivity contribution in [1.82, 2.24) is 15.2 Å². The second kappa shape index (κ2) is 5.13. The minimum Gasteiger partial charge on any atom is -0.464 e. The first kappa shape index (κ1) is 11.8. The molecule has 1 aromatic rings. The third-order valence-corrected chi connectivity index (χ3v) is 3.10. The van der Waals surface area contributed by atoms with Crippen LogP contribution in [-0.2, 0) is 16.1 Å². The van der Waals surface area contributed by atoms with Gasteiger partial charge in [-0.3, -0.25) is 0 Å². The molecule has 0 aliphatic carbocycles. The molecule has 0 spiro atoms. The molecule has 1 aliphatic rings. The number of nitrogens with one attached hydrogen (secondary N) is 1. The highest BCUT2D eigenvalue weighted by Crippen LogP contribution is 2.08. The van der Waals surface area contributed by atoms with Gasteiger partial charge in [-0.1, -0.05) is 0 Å². The van der Waals surface area contributed by atoms with E-state index in [2.05, 4.69) is 10.3 Å². The molecule has 0 radical (unpaired) electrons. The van der Waals surface area contributed by atoms with Crippen LogP contribution in [0.5, 0.6) is 0 Å². The van der Waals surface area contributed by atoms with E-state index in [9.17, 15) is 9.59 Å². The number of esters is 1. The van der Waals surface area contributed by atoms with Gasteiger partial charge >= 0.3 is 12.0 Å². The first-order valence-corrected chi connectivity index (χ1v) is 6.16.